The first kappa shape index (κ1) is 13.8. The van der Waals surface area contributed by atoms with E-state index in [4.69, 9.17) is 9.84 Å². The van der Waals surface area contributed by atoms with Gasteiger partial charge in [0.2, 0.25) is 0 Å². The van der Waals surface area contributed by atoms with Crippen molar-refractivity contribution < 1.29 is 19.4 Å². The van der Waals surface area contributed by atoms with E-state index in [-0.39, 0.29) is 12.1 Å². The molecule has 1 aliphatic heterocycles. The lowest BCUT2D eigenvalue weighted by molar-refractivity contribution is -0.142. The Morgan fingerprint density at radius 2 is 2.24 bits per heavy atom. The molecule has 6 heteroatoms. The molecule has 0 aromatic carbocycles. The Morgan fingerprint density at radius 1 is 1.59 bits per heavy atom. The monoisotopic (exact) mass is 244 g/mol. The minimum atomic E-state index is -0.968. The predicted octanol–water partition coefficient (Wildman–Crippen LogP) is 0.622. The predicted molar refractivity (Wildman–Crippen MR) is 61.9 cm³/mol. The van der Waals surface area contributed by atoms with E-state index in [1.165, 1.54) is 11.9 Å². The van der Waals surface area contributed by atoms with E-state index in [0.717, 1.165) is 0 Å². The Morgan fingerprint density at radius 3 is 2.71 bits per heavy atom. The number of carboxylic acids is 1. The Hall–Kier alpha value is -1.30. The van der Waals surface area contributed by atoms with Crippen LogP contribution in [0.3, 0.4) is 0 Å². The van der Waals surface area contributed by atoms with Gasteiger partial charge in [0.1, 0.15) is 6.04 Å². The first-order valence-electron chi connectivity index (χ1n) is 5.83. The maximum atomic E-state index is 12.1. The molecule has 1 saturated heterocycles. The summed E-state index contributed by atoms with van der Waals surface area (Å²) in [4.78, 5) is 26.0. The van der Waals surface area contributed by atoms with Crippen molar-refractivity contribution in [3.63, 3.8) is 0 Å². The number of rotatable bonds is 3. The van der Waals surface area contributed by atoms with Gasteiger partial charge in [-0.15, -0.1) is 0 Å². The van der Waals surface area contributed by atoms with Crippen LogP contribution in [0, 0.1) is 0 Å². The first-order chi connectivity index (χ1) is 7.97. The van der Waals surface area contributed by atoms with Crippen molar-refractivity contribution in [3.8, 4) is 0 Å². The van der Waals surface area contributed by atoms with E-state index in [2.05, 4.69) is 0 Å². The molecule has 6 nitrogen and oxygen atoms in total. The van der Waals surface area contributed by atoms with Crippen LogP contribution in [0.1, 0.15) is 20.3 Å². The van der Waals surface area contributed by atoms with Crippen molar-refractivity contribution in [2.45, 2.75) is 32.4 Å². The average Bonchev–Trinajstić information content (AvgIpc) is 2.28. The van der Waals surface area contributed by atoms with Gasteiger partial charge in [-0.05, 0) is 13.3 Å². The van der Waals surface area contributed by atoms with Crippen molar-refractivity contribution in [2.24, 2.45) is 0 Å². The molecule has 1 heterocycles. The van der Waals surface area contributed by atoms with Crippen LogP contribution < -0.4 is 0 Å². The summed E-state index contributed by atoms with van der Waals surface area (Å²) in [6.45, 7) is 5.19. The number of morpholine rings is 1. The molecule has 0 aromatic rings. The Balaban J connectivity index is 2.64. The fraction of sp³-hybridized carbons (Fsp3) is 0.818. The van der Waals surface area contributed by atoms with Crippen molar-refractivity contribution in [3.05, 3.63) is 0 Å². The second kappa shape index (κ2) is 5.86. The van der Waals surface area contributed by atoms with Gasteiger partial charge in [0.05, 0.1) is 12.7 Å². The quantitative estimate of drug-likeness (QED) is 0.790. The van der Waals surface area contributed by atoms with E-state index >= 15 is 0 Å². The van der Waals surface area contributed by atoms with E-state index in [0.29, 0.717) is 26.1 Å². The van der Waals surface area contributed by atoms with E-state index in [1.807, 2.05) is 6.92 Å². The summed E-state index contributed by atoms with van der Waals surface area (Å²) in [5.74, 6) is -0.968. The lowest BCUT2D eigenvalue weighted by atomic mass is 10.2. The summed E-state index contributed by atoms with van der Waals surface area (Å²) in [6.07, 6.45) is 0.406. The summed E-state index contributed by atoms with van der Waals surface area (Å²) >= 11 is 0. The molecular weight excluding hydrogens is 224 g/mol. The number of aliphatic carboxylic acids is 1. The zero-order valence-corrected chi connectivity index (χ0v) is 10.5. The smallest absolute Gasteiger partial charge is 0.326 e. The van der Waals surface area contributed by atoms with Gasteiger partial charge in [-0.1, -0.05) is 6.92 Å². The highest BCUT2D eigenvalue weighted by atomic mass is 16.5. The van der Waals surface area contributed by atoms with Crippen LogP contribution in [0.15, 0.2) is 0 Å². The third-order valence-electron chi connectivity index (χ3n) is 2.95. The second-order valence-electron chi connectivity index (χ2n) is 4.28. The second-order valence-corrected chi connectivity index (χ2v) is 4.28. The molecule has 0 aliphatic carbocycles. The van der Waals surface area contributed by atoms with Crippen molar-refractivity contribution >= 4 is 12.0 Å². The largest absolute Gasteiger partial charge is 0.480 e. The minimum Gasteiger partial charge on any atom is -0.480 e. The number of hydrogen-bond acceptors (Lipinski definition) is 3. The van der Waals surface area contributed by atoms with Gasteiger partial charge in [-0.2, -0.15) is 0 Å². The fourth-order valence-electron chi connectivity index (χ4n) is 1.96. The summed E-state index contributed by atoms with van der Waals surface area (Å²) in [5.41, 5.74) is 0. The Kier molecular flexibility index (Phi) is 4.74. The summed E-state index contributed by atoms with van der Waals surface area (Å²) < 4.78 is 5.34. The molecule has 2 amide bonds. The molecule has 0 bridgehead atoms. The van der Waals surface area contributed by atoms with Crippen LogP contribution in [-0.4, -0.2) is 65.8 Å². The van der Waals surface area contributed by atoms with Crippen LogP contribution in [0.5, 0.6) is 0 Å². The highest BCUT2D eigenvalue weighted by Crippen LogP contribution is 2.10. The van der Waals surface area contributed by atoms with Crippen molar-refractivity contribution in [1.29, 1.82) is 0 Å². The average molecular weight is 244 g/mol. The standard InChI is InChI=1S/C11H20N2O4/c1-4-9(10(14)15)12(3)11(16)13-5-6-17-8(2)7-13/h8-9H,4-7H2,1-3H3,(H,14,15). The topological polar surface area (TPSA) is 70.1 Å². The molecule has 1 rings (SSSR count). The number of hydrogen-bond donors (Lipinski definition) is 1. The molecule has 0 radical (unpaired) electrons. The number of nitrogens with zero attached hydrogens (tertiary/aromatic N) is 2. The molecule has 2 atom stereocenters. The highest BCUT2D eigenvalue weighted by molar-refractivity contribution is 5.82. The molecule has 0 saturated carbocycles. The van der Waals surface area contributed by atoms with Gasteiger partial charge in [0.15, 0.2) is 0 Å². The third kappa shape index (κ3) is 3.33. The van der Waals surface area contributed by atoms with Gasteiger partial charge in [0.25, 0.3) is 0 Å². The van der Waals surface area contributed by atoms with Crippen LogP contribution in [0.25, 0.3) is 0 Å². The van der Waals surface area contributed by atoms with E-state index in [1.54, 1.807) is 11.8 Å². The first-order valence-corrected chi connectivity index (χ1v) is 5.83. The van der Waals surface area contributed by atoms with Gasteiger partial charge in [0, 0.05) is 20.1 Å². The summed E-state index contributed by atoms with van der Waals surface area (Å²) in [5, 5.41) is 9.01. The number of likely N-dealkylation sites (N-methyl/N-ethyl adjacent to an activating group) is 1. The van der Waals surface area contributed by atoms with Crippen LogP contribution in [-0.2, 0) is 9.53 Å². The molecule has 0 aromatic heterocycles. The van der Waals surface area contributed by atoms with Crippen molar-refractivity contribution in [1.82, 2.24) is 9.80 Å². The zero-order chi connectivity index (χ0) is 13.0. The van der Waals surface area contributed by atoms with Gasteiger partial charge in [-0.25, -0.2) is 9.59 Å². The van der Waals surface area contributed by atoms with Crippen LogP contribution in [0.4, 0.5) is 4.79 Å². The molecule has 2 unspecified atom stereocenters. The summed E-state index contributed by atoms with van der Waals surface area (Å²) in [6, 6.07) is -1.00. The molecule has 1 aliphatic rings. The van der Waals surface area contributed by atoms with Crippen molar-refractivity contribution in [2.75, 3.05) is 26.7 Å². The van der Waals surface area contributed by atoms with E-state index < -0.39 is 12.0 Å². The van der Waals surface area contributed by atoms with Gasteiger partial charge >= 0.3 is 12.0 Å². The van der Waals surface area contributed by atoms with E-state index in [9.17, 15) is 9.59 Å². The molecule has 1 fully saturated rings. The lowest BCUT2D eigenvalue weighted by Gasteiger charge is -2.35. The number of amides is 2. The number of carbonyl (C=O) groups is 2. The van der Waals surface area contributed by atoms with Crippen LogP contribution >= 0.6 is 0 Å². The van der Waals surface area contributed by atoms with Gasteiger partial charge in [-0.3, -0.25) is 0 Å². The SMILES string of the molecule is CCC(C(=O)O)N(C)C(=O)N1CCOC(C)C1. The lowest BCUT2D eigenvalue weighted by Crippen LogP contribution is -2.53. The van der Waals surface area contributed by atoms with Crippen LogP contribution in [0.2, 0.25) is 0 Å². The van der Waals surface area contributed by atoms with Gasteiger partial charge < -0.3 is 19.6 Å². The fourth-order valence-corrected chi connectivity index (χ4v) is 1.96. The Labute approximate surface area is 101 Å². The summed E-state index contributed by atoms with van der Waals surface area (Å²) in [7, 11) is 1.53. The highest BCUT2D eigenvalue weighted by Gasteiger charge is 2.30. The molecular formula is C11H20N2O4. The Bertz CT molecular complexity index is 295. The third-order valence-corrected chi connectivity index (χ3v) is 2.95. The number of carbonyl (C=O) groups excluding carboxylic acids is 1. The number of carboxylic acid groups (broad SMARTS) is 1. The molecule has 17 heavy (non-hydrogen) atoms. The number of urea groups is 1. The maximum absolute atomic E-state index is 12.1. The maximum Gasteiger partial charge on any atom is 0.326 e. The normalized spacial score (nSPS) is 22.1. The molecule has 98 valence electrons. The minimum absolute atomic E-state index is 0.00556. The molecule has 0 spiro atoms. The zero-order valence-electron chi connectivity index (χ0n) is 10.5. The molecule has 1 N–H and O–H groups in total. The number of ether oxygens (including phenoxy) is 1.